The highest BCUT2D eigenvalue weighted by Gasteiger charge is 2.33. The van der Waals surface area contributed by atoms with Crippen LogP contribution < -0.4 is 4.74 Å². The summed E-state index contributed by atoms with van der Waals surface area (Å²) in [6, 6.07) is 8.00. The Morgan fingerprint density at radius 3 is 2.88 bits per heavy atom. The molecule has 2 rings (SSSR count). The minimum absolute atomic E-state index is 0.188. The number of para-hydroxylation sites is 1. The van der Waals surface area contributed by atoms with Gasteiger partial charge in [0.25, 0.3) is 0 Å². The monoisotopic (exact) mass is 217 g/mol. The molecule has 1 aliphatic heterocycles. The fraction of sp³-hybridized carbons (Fsp3) is 0.462. The number of nitrogens with zero attached hydrogens (tertiary/aromatic N) is 1. The summed E-state index contributed by atoms with van der Waals surface area (Å²) in [6.45, 7) is 4.09. The lowest BCUT2D eigenvalue weighted by atomic mass is 9.99. The Morgan fingerprint density at radius 1 is 1.50 bits per heavy atom. The Labute approximate surface area is 95.6 Å². The lowest BCUT2D eigenvalue weighted by molar-refractivity contribution is 0.120. The van der Waals surface area contributed by atoms with E-state index in [0.717, 1.165) is 23.3 Å². The van der Waals surface area contributed by atoms with Crippen LogP contribution in [-0.4, -0.2) is 12.7 Å². The number of hydrogen-bond acceptors (Lipinski definition) is 3. The first-order valence-corrected chi connectivity index (χ1v) is 5.30. The summed E-state index contributed by atoms with van der Waals surface area (Å²) in [5.74, 6) is 0.820. The molecule has 1 heterocycles. The smallest absolute Gasteiger partial charge is 0.172 e. The molecule has 3 heteroatoms. The molecule has 1 unspecified atom stereocenters. The van der Waals surface area contributed by atoms with Gasteiger partial charge in [0.15, 0.2) is 6.10 Å². The molecule has 84 valence electrons. The molecule has 1 aliphatic rings. The number of rotatable bonds is 2. The topological polar surface area (TPSA) is 42.2 Å². The van der Waals surface area contributed by atoms with Crippen LogP contribution in [0, 0.1) is 11.3 Å². The van der Waals surface area contributed by atoms with Gasteiger partial charge in [-0.3, -0.25) is 0 Å². The number of fused-ring (bicyclic) bond motifs is 1. The van der Waals surface area contributed by atoms with Crippen molar-refractivity contribution in [3.8, 4) is 11.8 Å². The molecular weight excluding hydrogens is 202 g/mol. The molecule has 0 saturated heterocycles. The van der Waals surface area contributed by atoms with Gasteiger partial charge >= 0.3 is 0 Å². The largest absolute Gasteiger partial charge is 0.487 e. The van der Waals surface area contributed by atoms with Crippen LogP contribution in [0.25, 0.3) is 0 Å². The van der Waals surface area contributed by atoms with E-state index in [-0.39, 0.29) is 5.60 Å². The highest BCUT2D eigenvalue weighted by atomic mass is 16.5. The molecular formula is C13H15NO2. The van der Waals surface area contributed by atoms with Crippen molar-refractivity contribution < 1.29 is 9.47 Å². The molecule has 0 bridgehead atoms. The number of hydrogen-bond donors (Lipinski definition) is 0. The van der Waals surface area contributed by atoms with Crippen LogP contribution in [0.15, 0.2) is 18.2 Å². The van der Waals surface area contributed by atoms with E-state index in [1.165, 1.54) is 7.11 Å². The fourth-order valence-electron chi connectivity index (χ4n) is 2.10. The quantitative estimate of drug-likeness (QED) is 0.764. The number of benzene rings is 1. The van der Waals surface area contributed by atoms with E-state index in [4.69, 9.17) is 14.7 Å². The standard InChI is InChI=1S/C13H15NO2/c1-13(2)7-9-5-4-6-10(12(9)16-13)11(8-14)15-3/h4-6,11H,7H2,1-3H3. The van der Waals surface area contributed by atoms with Gasteiger partial charge in [-0.1, -0.05) is 18.2 Å². The zero-order chi connectivity index (χ0) is 11.8. The van der Waals surface area contributed by atoms with Crippen LogP contribution in [-0.2, 0) is 11.2 Å². The van der Waals surface area contributed by atoms with E-state index in [9.17, 15) is 0 Å². The summed E-state index contributed by atoms with van der Waals surface area (Å²) in [4.78, 5) is 0. The number of methoxy groups -OCH3 is 1. The van der Waals surface area contributed by atoms with Gasteiger partial charge in [-0.2, -0.15) is 5.26 Å². The lowest BCUT2D eigenvalue weighted by Crippen LogP contribution is -2.25. The Morgan fingerprint density at radius 2 is 2.25 bits per heavy atom. The van der Waals surface area contributed by atoms with Gasteiger partial charge in [-0.25, -0.2) is 0 Å². The van der Waals surface area contributed by atoms with Crippen LogP contribution >= 0.6 is 0 Å². The maximum Gasteiger partial charge on any atom is 0.172 e. The predicted molar refractivity (Wildman–Crippen MR) is 60.2 cm³/mol. The maximum atomic E-state index is 9.01. The minimum atomic E-state index is -0.552. The summed E-state index contributed by atoms with van der Waals surface area (Å²) in [5.41, 5.74) is 1.79. The van der Waals surface area contributed by atoms with Gasteiger partial charge in [-0.05, 0) is 19.4 Å². The third-order valence-corrected chi connectivity index (χ3v) is 2.76. The SMILES string of the molecule is COC(C#N)c1cccc2c1OC(C)(C)C2. The van der Waals surface area contributed by atoms with Crippen molar-refractivity contribution in [1.82, 2.24) is 0 Å². The zero-order valence-corrected chi connectivity index (χ0v) is 9.78. The van der Waals surface area contributed by atoms with Crippen molar-refractivity contribution in [3.05, 3.63) is 29.3 Å². The molecule has 0 saturated carbocycles. The summed E-state index contributed by atoms with van der Waals surface area (Å²) in [6.07, 6.45) is 0.321. The zero-order valence-electron chi connectivity index (χ0n) is 9.78. The second-order valence-corrected chi connectivity index (χ2v) is 4.62. The van der Waals surface area contributed by atoms with E-state index in [2.05, 4.69) is 6.07 Å². The van der Waals surface area contributed by atoms with E-state index in [0.29, 0.717) is 0 Å². The van der Waals surface area contributed by atoms with E-state index in [1.54, 1.807) is 0 Å². The molecule has 0 N–H and O–H groups in total. The summed E-state index contributed by atoms with van der Waals surface area (Å²) < 4.78 is 11.0. The average Bonchev–Trinajstić information content (AvgIpc) is 2.54. The summed E-state index contributed by atoms with van der Waals surface area (Å²) in [5, 5.41) is 9.01. The van der Waals surface area contributed by atoms with Gasteiger partial charge in [0.05, 0.1) is 6.07 Å². The molecule has 0 radical (unpaired) electrons. The van der Waals surface area contributed by atoms with E-state index < -0.39 is 6.10 Å². The van der Waals surface area contributed by atoms with Crippen molar-refractivity contribution in [2.45, 2.75) is 32.0 Å². The molecule has 0 amide bonds. The number of nitriles is 1. The highest BCUT2D eigenvalue weighted by molar-refractivity contribution is 5.48. The van der Waals surface area contributed by atoms with Gasteiger partial charge < -0.3 is 9.47 Å². The van der Waals surface area contributed by atoms with Crippen LogP contribution in [0.4, 0.5) is 0 Å². The van der Waals surface area contributed by atoms with Crippen LogP contribution in [0.5, 0.6) is 5.75 Å². The van der Waals surface area contributed by atoms with Crippen molar-refractivity contribution in [3.63, 3.8) is 0 Å². The number of ether oxygens (including phenoxy) is 2. The second kappa shape index (κ2) is 3.80. The van der Waals surface area contributed by atoms with Crippen LogP contribution in [0.1, 0.15) is 31.1 Å². The van der Waals surface area contributed by atoms with Gasteiger partial charge in [0.1, 0.15) is 11.4 Å². The Bertz CT molecular complexity index is 446. The molecule has 1 aromatic rings. The summed E-state index contributed by atoms with van der Waals surface area (Å²) in [7, 11) is 1.54. The average molecular weight is 217 g/mol. The molecule has 1 aromatic carbocycles. The molecule has 3 nitrogen and oxygen atoms in total. The first-order chi connectivity index (χ1) is 7.57. The predicted octanol–water partition coefficient (Wildman–Crippen LogP) is 2.61. The normalized spacial score (nSPS) is 18.4. The van der Waals surface area contributed by atoms with Gasteiger partial charge in [-0.15, -0.1) is 0 Å². The Balaban J connectivity index is 2.45. The first-order valence-electron chi connectivity index (χ1n) is 5.30. The Kier molecular flexibility index (Phi) is 2.61. The molecule has 16 heavy (non-hydrogen) atoms. The van der Waals surface area contributed by atoms with E-state index in [1.807, 2.05) is 32.0 Å². The van der Waals surface area contributed by atoms with Gasteiger partial charge in [0.2, 0.25) is 0 Å². The second-order valence-electron chi connectivity index (χ2n) is 4.62. The van der Waals surface area contributed by atoms with Crippen LogP contribution in [0.3, 0.4) is 0 Å². The van der Waals surface area contributed by atoms with Crippen molar-refractivity contribution in [1.29, 1.82) is 5.26 Å². The van der Waals surface area contributed by atoms with E-state index >= 15 is 0 Å². The van der Waals surface area contributed by atoms with Crippen LogP contribution in [0.2, 0.25) is 0 Å². The first kappa shape index (κ1) is 11.0. The molecule has 1 atom stereocenters. The molecule has 0 fully saturated rings. The Hall–Kier alpha value is -1.53. The third kappa shape index (κ3) is 1.77. The van der Waals surface area contributed by atoms with Crippen molar-refractivity contribution in [2.24, 2.45) is 0 Å². The molecule has 0 aromatic heterocycles. The van der Waals surface area contributed by atoms with Crippen molar-refractivity contribution in [2.75, 3.05) is 7.11 Å². The third-order valence-electron chi connectivity index (χ3n) is 2.76. The minimum Gasteiger partial charge on any atom is -0.487 e. The van der Waals surface area contributed by atoms with Crippen molar-refractivity contribution >= 4 is 0 Å². The maximum absolute atomic E-state index is 9.01. The molecule has 0 aliphatic carbocycles. The van der Waals surface area contributed by atoms with Gasteiger partial charge in [0, 0.05) is 19.1 Å². The highest BCUT2D eigenvalue weighted by Crippen LogP contribution is 2.40. The summed E-state index contributed by atoms with van der Waals surface area (Å²) >= 11 is 0. The lowest BCUT2D eigenvalue weighted by Gasteiger charge is -2.19. The fourth-order valence-corrected chi connectivity index (χ4v) is 2.10. The molecule has 0 spiro atoms.